The highest BCUT2D eigenvalue weighted by atomic mass is 19.1. The SMILES string of the molecule is Cn1ccnc1C(NC(=O)Nc1ccccn1)c1ccccc1F. The van der Waals surface area contributed by atoms with Gasteiger partial charge in [-0.3, -0.25) is 5.32 Å². The summed E-state index contributed by atoms with van der Waals surface area (Å²) in [7, 11) is 1.79. The number of rotatable bonds is 4. The van der Waals surface area contributed by atoms with E-state index in [9.17, 15) is 9.18 Å². The van der Waals surface area contributed by atoms with Crippen LogP contribution in [0.15, 0.2) is 61.1 Å². The molecular weight excluding hydrogens is 309 g/mol. The Morgan fingerprint density at radius 2 is 1.92 bits per heavy atom. The molecular formula is C17H16FN5O. The predicted octanol–water partition coefficient (Wildman–Crippen LogP) is 2.87. The summed E-state index contributed by atoms with van der Waals surface area (Å²) in [5.41, 5.74) is 0.336. The normalized spacial score (nSPS) is 11.8. The van der Waals surface area contributed by atoms with E-state index in [-0.39, 0.29) is 0 Å². The van der Waals surface area contributed by atoms with E-state index in [4.69, 9.17) is 0 Å². The molecule has 122 valence electrons. The third-order valence-electron chi connectivity index (χ3n) is 3.51. The average molecular weight is 325 g/mol. The number of carbonyl (C=O) groups excluding carboxylic acids is 1. The number of benzene rings is 1. The second-order valence-electron chi connectivity index (χ2n) is 5.16. The van der Waals surface area contributed by atoms with Crippen LogP contribution in [-0.2, 0) is 7.05 Å². The molecule has 6 nitrogen and oxygen atoms in total. The fourth-order valence-electron chi connectivity index (χ4n) is 2.37. The molecule has 0 bridgehead atoms. The Hall–Kier alpha value is -3.22. The van der Waals surface area contributed by atoms with Crippen LogP contribution in [0.5, 0.6) is 0 Å². The maximum Gasteiger partial charge on any atom is 0.321 e. The van der Waals surface area contributed by atoms with Gasteiger partial charge in [-0.25, -0.2) is 19.2 Å². The van der Waals surface area contributed by atoms with Crippen LogP contribution in [0.4, 0.5) is 15.0 Å². The van der Waals surface area contributed by atoms with E-state index < -0.39 is 17.9 Å². The van der Waals surface area contributed by atoms with E-state index in [0.29, 0.717) is 17.2 Å². The molecule has 0 spiro atoms. The minimum atomic E-state index is -0.727. The first-order valence-corrected chi connectivity index (χ1v) is 7.35. The molecule has 1 unspecified atom stereocenters. The smallest absolute Gasteiger partial charge is 0.321 e. The monoisotopic (exact) mass is 325 g/mol. The van der Waals surface area contributed by atoms with Gasteiger partial charge in [-0.15, -0.1) is 0 Å². The van der Waals surface area contributed by atoms with Crippen molar-refractivity contribution in [2.75, 3.05) is 5.32 Å². The second-order valence-corrected chi connectivity index (χ2v) is 5.16. The molecule has 0 radical (unpaired) electrons. The van der Waals surface area contributed by atoms with E-state index >= 15 is 0 Å². The summed E-state index contributed by atoms with van der Waals surface area (Å²) in [5, 5.41) is 5.37. The van der Waals surface area contributed by atoms with Crippen LogP contribution in [-0.4, -0.2) is 20.6 Å². The number of hydrogen-bond donors (Lipinski definition) is 2. The van der Waals surface area contributed by atoms with Crippen molar-refractivity contribution in [3.63, 3.8) is 0 Å². The van der Waals surface area contributed by atoms with Gasteiger partial charge >= 0.3 is 6.03 Å². The highest BCUT2D eigenvalue weighted by Crippen LogP contribution is 2.23. The first-order chi connectivity index (χ1) is 11.6. The molecule has 3 rings (SSSR count). The van der Waals surface area contributed by atoms with Crippen LogP contribution in [0.1, 0.15) is 17.4 Å². The number of amides is 2. The van der Waals surface area contributed by atoms with Gasteiger partial charge < -0.3 is 9.88 Å². The quantitative estimate of drug-likeness (QED) is 0.775. The van der Waals surface area contributed by atoms with E-state index in [1.54, 1.807) is 66.6 Å². The highest BCUT2D eigenvalue weighted by Gasteiger charge is 2.23. The molecule has 1 atom stereocenters. The zero-order chi connectivity index (χ0) is 16.9. The van der Waals surface area contributed by atoms with Crippen molar-refractivity contribution in [1.82, 2.24) is 19.9 Å². The summed E-state index contributed by atoms with van der Waals surface area (Å²) in [6, 6.07) is 10.2. The van der Waals surface area contributed by atoms with Crippen molar-refractivity contribution >= 4 is 11.8 Å². The number of aromatic nitrogens is 3. The summed E-state index contributed by atoms with van der Waals surface area (Å²) in [6.45, 7) is 0. The first-order valence-electron chi connectivity index (χ1n) is 7.35. The molecule has 2 N–H and O–H groups in total. The van der Waals surface area contributed by atoms with Gasteiger partial charge in [-0.05, 0) is 18.2 Å². The topological polar surface area (TPSA) is 71.8 Å². The number of nitrogens with zero attached hydrogens (tertiary/aromatic N) is 3. The molecule has 0 aliphatic carbocycles. The van der Waals surface area contributed by atoms with Crippen molar-refractivity contribution < 1.29 is 9.18 Å². The van der Waals surface area contributed by atoms with Gasteiger partial charge in [0.1, 0.15) is 23.5 Å². The lowest BCUT2D eigenvalue weighted by Gasteiger charge is -2.19. The molecule has 2 aromatic heterocycles. The van der Waals surface area contributed by atoms with Crippen LogP contribution >= 0.6 is 0 Å². The molecule has 1 aromatic carbocycles. The van der Waals surface area contributed by atoms with E-state index in [2.05, 4.69) is 20.6 Å². The standard InChI is InChI=1S/C17H16FN5O/c1-23-11-10-20-16(23)15(12-6-2-3-7-13(12)18)22-17(24)21-14-8-4-5-9-19-14/h2-11,15H,1H3,(H2,19,21,22,24). The number of nitrogens with one attached hydrogen (secondary N) is 2. The number of pyridine rings is 1. The number of halogens is 1. The maximum atomic E-state index is 14.2. The molecule has 0 saturated carbocycles. The molecule has 2 amide bonds. The van der Waals surface area contributed by atoms with Crippen LogP contribution in [0.25, 0.3) is 0 Å². The van der Waals surface area contributed by atoms with Gasteiger partial charge in [0, 0.05) is 31.2 Å². The van der Waals surface area contributed by atoms with Crippen molar-refractivity contribution in [1.29, 1.82) is 0 Å². The average Bonchev–Trinajstić information content (AvgIpc) is 3.00. The highest BCUT2D eigenvalue weighted by molar-refractivity contribution is 5.88. The molecule has 0 fully saturated rings. The number of hydrogen-bond acceptors (Lipinski definition) is 3. The van der Waals surface area contributed by atoms with Crippen LogP contribution in [0.3, 0.4) is 0 Å². The molecule has 0 aliphatic rings. The largest absolute Gasteiger partial charge is 0.336 e. The Kier molecular flexibility index (Phi) is 4.51. The lowest BCUT2D eigenvalue weighted by molar-refractivity contribution is 0.249. The van der Waals surface area contributed by atoms with Crippen LogP contribution in [0, 0.1) is 5.82 Å². The third-order valence-corrected chi connectivity index (χ3v) is 3.51. The molecule has 0 aliphatic heterocycles. The van der Waals surface area contributed by atoms with Crippen LogP contribution < -0.4 is 10.6 Å². The van der Waals surface area contributed by atoms with Gasteiger partial charge in [0.05, 0.1) is 0 Å². The summed E-state index contributed by atoms with van der Waals surface area (Å²) in [4.78, 5) is 20.6. The Balaban J connectivity index is 1.87. The summed E-state index contributed by atoms with van der Waals surface area (Å²) in [5.74, 6) is 0.516. The number of imidazole rings is 1. The Bertz CT molecular complexity index is 834. The van der Waals surface area contributed by atoms with Crippen LogP contribution in [0.2, 0.25) is 0 Å². The number of urea groups is 1. The van der Waals surface area contributed by atoms with E-state index in [1.165, 1.54) is 6.07 Å². The van der Waals surface area contributed by atoms with Gasteiger partial charge in [0.2, 0.25) is 0 Å². The predicted molar refractivity (Wildman–Crippen MR) is 87.8 cm³/mol. The fourth-order valence-corrected chi connectivity index (χ4v) is 2.37. The molecule has 24 heavy (non-hydrogen) atoms. The van der Waals surface area contributed by atoms with Gasteiger partial charge in [-0.2, -0.15) is 0 Å². The lowest BCUT2D eigenvalue weighted by Crippen LogP contribution is -2.35. The Morgan fingerprint density at radius 3 is 2.58 bits per heavy atom. The minimum absolute atomic E-state index is 0.336. The van der Waals surface area contributed by atoms with Gasteiger partial charge in [0.25, 0.3) is 0 Å². The Labute approximate surface area is 138 Å². The second kappa shape index (κ2) is 6.91. The number of carbonyl (C=O) groups is 1. The van der Waals surface area contributed by atoms with Gasteiger partial charge in [-0.1, -0.05) is 24.3 Å². The number of aryl methyl sites for hydroxylation is 1. The number of anilines is 1. The maximum absolute atomic E-state index is 14.2. The van der Waals surface area contributed by atoms with Crippen molar-refractivity contribution in [3.8, 4) is 0 Å². The molecule has 0 saturated heterocycles. The van der Waals surface area contributed by atoms with Gasteiger partial charge in [0.15, 0.2) is 0 Å². The fraction of sp³-hybridized carbons (Fsp3) is 0.118. The summed E-state index contributed by atoms with van der Waals surface area (Å²) in [6.07, 6.45) is 4.91. The zero-order valence-electron chi connectivity index (χ0n) is 13.0. The molecule has 2 heterocycles. The van der Waals surface area contributed by atoms with Crippen molar-refractivity contribution in [2.24, 2.45) is 7.05 Å². The Morgan fingerprint density at radius 1 is 1.12 bits per heavy atom. The van der Waals surface area contributed by atoms with Crippen molar-refractivity contribution in [2.45, 2.75) is 6.04 Å². The molecule has 7 heteroatoms. The minimum Gasteiger partial charge on any atom is -0.336 e. The van der Waals surface area contributed by atoms with Crippen molar-refractivity contribution in [3.05, 3.63) is 78.3 Å². The third kappa shape index (κ3) is 3.40. The summed E-state index contributed by atoms with van der Waals surface area (Å²) >= 11 is 0. The van der Waals surface area contributed by atoms with E-state index in [0.717, 1.165) is 0 Å². The van der Waals surface area contributed by atoms with E-state index in [1.807, 2.05) is 0 Å². The summed E-state index contributed by atoms with van der Waals surface area (Å²) < 4.78 is 16.0. The first kappa shape index (κ1) is 15.7. The zero-order valence-corrected chi connectivity index (χ0v) is 13.0. The molecule has 3 aromatic rings. The lowest BCUT2D eigenvalue weighted by atomic mass is 10.1.